The van der Waals surface area contributed by atoms with Crippen molar-refractivity contribution in [2.24, 2.45) is 0 Å². The van der Waals surface area contributed by atoms with Gasteiger partial charge in [-0.15, -0.1) is 0 Å². The summed E-state index contributed by atoms with van der Waals surface area (Å²) in [6, 6.07) is 13.8. The zero-order chi connectivity index (χ0) is 19.7. The second kappa shape index (κ2) is 7.38. The van der Waals surface area contributed by atoms with E-state index < -0.39 is 0 Å². The van der Waals surface area contributed by atoms with E-state index in [2.05, 4.69) is 15.3 Å². The molecule has 1 aromatic heterocycles. The Kier molecular flexibility index (Phi) is 4.77. The number of nitrogens with one attached hydrogen (secondary N) is 1. The highest BCUT2D eigenvalue weighted by atomic mass is 19.1. The maximum atomic E-state index is 13.2. The molecule has 0 bridgehead atoms. The predicted molar refractivity (Wildman–Crippen MR) is 105 cm³/mol. The number of carbonyl (C=O) groups excluding carboxylic acids is 1. The van der Waals surface area contributed by atoms with Crippen molar-refractivity contribution in [3.8, 4) is 5.75 Å². The molecule has 1 aliphatic carbocycles. The minimum Gasteiger partial charge on any atom is -0.495 e. The third-order valence-electron chi connectivity index (χ3n) is 5.01. The molecule has 1 aliphatic rings. The van der Waals surface area contributed by atoms with Crippen LogP contribution in [0.25, 0.3) is 0 Å². The normalized spacial score (nSPS) is 15.8. The van der Waals surface area contributed by atoms with Gasteiger partial charge < -0.3 is 10.1 Å². The van der Waals surface area contributed by atoms with Crippen LogP contribution in [0, 0.1) is 12.7 Å². The quantitative estimate of drug-likeness (QED) is 0.720. The van der Waals surface area contributed by atoms with Gasteiger partial charge in [0.15, 0.2) is 5.78 Å². The topological polar surface area (TPSA) is 64.1 Å². The van der Waals surface area contributed by atoms with Crippen LogP contribution in [0.4, 0.5) is 16.0 Å². The van der Waals surface area contributed by atoms with Gasteiger partial charge in [-0.05, 0) is 49.1 Å². The van der Waals surface area contributed by atoms with Crippen molar-refractivity contribution < 1.29 is 13.9 Å². The van der Waals surface area contributed by atoms with Crippen LogP contribution in [0.3, 0.4) is 0 Å². The number of fused-ring (bicyclic) bond motifs is 1. The minimum atomic E-state index is -0.284. The number of methoxy groups -OCH3 is 1. The molecular weight excluding hydrogens is 357 g/mol. The number of carbonyl (C=O) groups is 1. The van der Waals surface area contributed by atoms with E-state index in [1.165, 1.54) is 12.1 Å². The van der Waals surface area contributed by atoms with E-state index in [1.54, 1.807) is 19.2 Å². The van der Waals surface area contributed by atoms with Crippen LogP contribution in [-0.4, -0.2) is 22.9 Å². The number of hydrogen-bond acceptors (Lipinski definition) is 5. The molecule has 0 spiro atoms. The van der Waals surface area contributed by atoms with E-state index in [4.69, 9.17) is 4.74 Å². The molecule has 4 rings (SSSR count). The van der Waals surface area contributed by atoms with Crippen LogP contribution < -0.4 is 10.1 Å². The summed E-state index contributed by atoms with van der Waals surface area (Å²) in [4.78, 5) is 21.8. The third kappa shape index (κ3) is 3.45. The van der Waals surface area contributed by atoms with Gasteiger partial charge in [0.25, 0.3) is 0 Å². The van der Waals surface area contributed by atoms with Crippen LogP contribution in [0.1, 0.15) is 39.6 Å². The number of ketones is 1. The van der Waals surface area contributed by atoms with Crippen LogP contribution in [0.15, 0.2) is 48.5 Å². The molecule has 1 atom stereocenters. The fourth-order valence-electron chi connectivity index (χ4n) is 3.67. The molecule has 142 valence electrons. The van der Waals surface area contributed by atoms with Crippen molar-refractivity contribution in [2.75, 3.05) is 12.4 Å². The summed E-state index contributed by atoms with van der Waals surface area (Å²) in [5.41, 5.74) is 3.67. The zero-order valence-electron chi connectivity index (χ0n) is 15.7. The van der Waals surface area contributed by atoms with E-state index in [-0.39, 0.29) is 17.5 Å². The molecule has 1 N–H and O–H groups in total. The summed E-state index contributed by atoms with van der Waals surface area (Å²) in [5.74, 6) is 0.828. The number of rotatable bonds is 4. The Morgan fingerprint density at radius 3 is 2.57 bits per heavy atom. The molecule has 2 aromatic carbocycles. The first-order valence-corrected chi connectivity index (χ1v) is 9.11. The lowest BCUT2D eigenvalue weighted by molar-refractivity contribution is 0.0962. The van der Waals surface area contributed by atoms with Crippen molar-refractivity contribution in [1.82, 2.24) is 9.97 Å². The van der Waals surface area contributed by atoms with E-state index in [1.807, 2.05) is 31.2 Å². The Morgan fingerprint density at radius 1 is 1.07 bits per heavy atom. The van der Waals surface area contributed by atoms with Crippen LogP contribution in [-0.2, 0) is 6.42 Å². The molecule has 0 saturated carbocycles. The smallest absolute Gasteiger partial charge is 0.227 e. The summed E-state index contributed by atoms with van der Waals surface area (Å²) >= 11 is 0. The SMILES string of the molecule is COc1ccccc1Nc1nc(C)c2c(n1)C[C@H](c1ccc(F)cc1)CC2=O. The van der Waals surface area contributed by atoms with Crippen molar-refractivity contribution in [1.29, 1.82) is 0 Å². The monoisotopic (exact) mass is 377 g/mol. The fraction of sp³-hybridized carbons (Fsp3) is 0.227. The number of anilines is 2. The number of halogens is 1. The van der Waals surface area contributed by atoms with E-state index in [9.17, 15) is 9.18 Å². The van der Waals surface area contributed by atoms with Crippen molar-refractivity contribution in [2.45, 2.75) is 25.7 Å². The van der Waals surface area contributed by atoms with E-state index in [0.717, 1.165) is 16.9 Å². The van der Waals surface area contributed by atoms with Crippen LogP contribution >= 0.6 is 0 Å². The first-order chi connectivity index (χ1) is 13.5. The van der Waals surface area contributed by atoms with Gasteiger partial charge >= 0.3 is 0 Å². The van der Waals surface area contributed by atoms with Gasteiger partial charge in [-0.3, -0.25) is 4.79 Å². The number of nitrogens with zero attached hydrogens (tertiary/aromatic N) is 2. The Bertz CT molecular complexity index is 1030. The highest BCUT2D eigenvalue weighted by molar-refractivity contribution is 5.99. The lowest BCUT2D eigenvalue weighted by Gasteiger charge is -2.24. The summed E-state index contributed by atoms with van der Waals surface area (Å²) in [6.07, 6.45) is 0.985. The number of hydrogen-bond donors (Lipinski definition) is 1. The van der Waals surface area contributed by atoms with Gasteiger partial charge in [-0.2, -0.15) is 0 Å². The number of aromatic nitrogens is 2. The third-order valence-corrected chi connectivity index (χ3v) is 5.01. The standard InChI is InChI=1S/C22H20FN3O2/c1-13-21-18(11-15(12-19(21)27)14-7-9-16(23)10-8-14)26-22(24-13)25-17-5-3-4-6-20(17)28-2/h3-10,15H,11-12H2,1-2H3,(H,24,25,26)/t15-/m0/s1. The first-order valence-electron chi connectivity index (χ1n) is 9.11. The Hall–Kier alpha value is -3.28. The molecule has 5 nitrogen and oxygen atoms in total. The number of para-hydroxylation sites is 2. The Morgan fingerprint density at radius 2 is 1.82 bits per heavy atom. The molecule has 0 radical (unpaired) electrons. The summed E-state index contributed by atoms with van der Waals surface area (Å²) in [6.45, 7) is 1.82. The lowest BCUT2D eigenvalue weighted by Crippen LogP contribution is -2.22. The summed E-state index contributed by atoms with van der Waals surface area (Å²) in [7, 11) is 1.60. The molecule has 0 fully saturated rings. The van der Waals surface area contributed by atoms with Gasteiger partial charge in [0, 0.05) is 6.42 Å². The average Bonchev–Trinajstić information content (AvgIpc) is 2.68. The number of Topliss-reactive ketones (excluding diaryl/α,β-unsaturated/α-hetero) is 1. The summed E-state index contributed by atoms with van der Waals surface area (Å²) < 4.78 is 18.6. The Labute approximate surface area is 162 Å². The minimum absolute atomic E-state index is 0.0194. The molecule has 0 amide bonds. The van der Waals surface area contributed by atoms with Crippen LogP contribution in [0.5, 0.6) is 5.75 Å². The molecule has 0 saturated heterocycles. The number of aryl methyl sites for hydroxylation is 1. The molecule has 6 heteroatoms. The first kappa shape index (κ1) is 18.1. The van der Waals surface area contributed by atoms with Crippen molar-refractivity contribution in [3.63, 3.8) is 0 Å². The molecule has 0 unspecified atom stereocenters. The van der Waals surface area contributed by atoms with Gasteiger partial charge in [-0.1, -0.05) is 24.3 Å². The van der Waals surface area contributed by atoms with Gasteiger partial charge in [0.05, 0.1) is 29.7 Å². The second-order valence-corrected chi connectivity index (χ2v) is 6.86. The molecule has 3 aromatic rings. The van der Waals surface area contributed by atoms with Crippen molar-refractivity contribution >= 4 is 17.4 Å². The second-order valence-electron chi connectivity index (χ2n) is 6.86. The number of benzene rings is 2. The van der Waals surface area contributed by atoms with Gasteiger partial charge in [-0.25, -0.2) is 14.4 Å². The fourth-order valence-corrected chi connectivity index (χ4v) is 3.67. The molecular formula is C22H20FN3O2. The van der Waals surface area contributed by atoms with Crippen molar-refractivity contribution in [3.05, 3.63) is 76.9 Å². The van der Waals surface area contributed by atoms with Gasteiger partial charge in [0.1, 0.15) is 11.6 Å². The zero-order valence-corrected chi connectivity index (χ0v) is 15.7. The lowest BCUT2D eigenvalue weighted by atomic mass is 9.81. The highest BCUT2D eigenvalue weighted by Gasteiger charge is 2.30. The molecule has 1 heterocycles. The Balaban J connectivity index is 1.67. The largest absolute Gasteiger partial charge is 0.495 e. The van der Waals surface area contributed by atoms with E-state index >= 15 is 0 Å². The maximum absolute atomic E-state index is 13.2. The molecule has 0 aliphatic heterocycles. The molecule has 28 heavy (non-hydrogen) atoms. The average molecular weight is 377 g/mol. The summed E-state index contributed by atoms with van der Waals surface area (Å²) in [5, 5.41) is 3.18. The predicted octanol–water partition coefficient (Wildman–Crippen LogP) is 4.59. The maximum Gasteiger partial charge on any atom is 0.227 e. The van der Waals surface area contributed by atoms with Crippen LogP contribution in [0.2, 0.25) is 0 Å². The van der Waals surface area contributed by atoms with E-state index in [0.29, 0.717) is 35.8 Å². The highest BCUT2D eigenvalue weighted by Crippen LogP contribution is 2.34. The van der Waals surface area contributed by atoms with Gasteiger partial charge in [0.2, 0.25) is 5.95 Å². The number of ether oxygens (including phenoxy) is 1.